The van der Waals surface area contributed by atoms with Gasteiger partial charge in [-0.2, -0.15) is 0 Å². The molecule has 0 radical (unpaired) electrons. The van der Waals surface area contributed by atoms with Crippen molar-refractivity contribution < 1.29 is 4.74 Å². The highest BCUT2D eigenvalue weighted by Gasteiger charge is 2.16. The summed E-state index contributed by atoms with van der Waals surface area (Å²) in [5.41, 5.74) is 3.47. The molecule has 0 amide bonds. The van der Waals surface area contributed by atoms with Gasteiger partial charge in [0.05, 0.1) is 7.11 Å². The van der Waals surface area contributed by atoms with E-state index >= 15 is 0 Å². The van der Waals surface area contributed by atoms with E-state index in [1.807, 2.05) is 13.1 Å². The van der Waals surface area contributed by atoms with Crippen LogP contribution in [0.15, 0.2) is 6.20 Å². The zero-order valence-corrected chi connectivity index (χ0v) is 13.9. The molecule has 3 nitrogen and oxygen atoms in total. The van der Waals surface area contributed by atoms with E-state index in [9.17, 15) is 0 Å². The number of hydrogen-bond donors (Lipinski definition) is 1. The van der Waals surface area contributed by atoms with Crippen molar-refractivity contribution in [1.82, 2.24) is 10.3 Å². The number of nitrogens with one attached hydrogen (secondary N) is 1. The quantitative estimate of drug-likeness (QED) is 0.739. The van der Waals surface area contributed by atoms with Crippen molar-refractivity contribution in [2.24, 2.45) is 11.8 Å². The molecule has 114 valence electrons. The van der Waals surface area contributed by atoms with E-state index in [1.165, 1.54) is 17.7 Å². The van der Waals surface area contributed by atoms with Crippen molar-refractivity contribution in [3.05, 3.63) is 23.0 Å². The van der Waals surface area contributed by atoms with Crippen molar-refractivity contribution in [2.45, 2.75) is 47.5 Å². The molecule has 0 bridgehead atoms. The number of rotatable bonds is 8. The van der Waals surface area contributed by atoms with Gasteiger partial charge < -0.3 is 10.1 Å². The lowest BCUT2D eigenvalue weighted by Gasteiger charge is -2.21. The molecule has 1 heterocycles. The normalized spacial score (nSPS) is 14.1. The predicted octanol–water partition coefficient (Wildman–Crippen LogP) is 3.52. The molecular weight excluding hydrogens is 248 g/mol. The van der Waals surface area contributed by atoms with Crippen molar-refractivity contribution in [3.8, 4) is 5.75 Å². The van der Waals surface area contributed by atoms with Crippen LogP contribution in [0.3, 0.4) is 0 Å². The van der Waals surface area contributed by atoms with Gasteiger partial charge in [-0.05, 0) is 51.6 Å². The van der Waals surface area contributed by atoms with Gasteiger partial charge in [-0.25, -0.2) is 0 Å². The molecule has 1 rings (SSSR count). The van der Waals surface area contributed by atoms with E-state index in [1.54, 1.807) is 7.11 Å². The number of ether oxygens (including phenoxy) is 1. The number of aryl methyl sites for hydroxylation is 1. The first-order valence-corrected chi connectivity index (χ1v) is 7.71. The number of aromatic nitrogens is 1. The van der Waals surface area contributed by atoms with Gasteiger partial charge in [0.1, 0.15) is 5.75 Å². The standard InChI is InChI=1S/C17H30N2O/c1-7-8-18-10-13(3)12(2)9-16-15(5)17(20-6)14(4)11-19-16/h11-13,18H,7-10H2,1-6H3. The topological polar surface area (TPSA) is 34.2 Å². The number of pyridine rings is 1. The molecule has 0 aliphatic rings. The molecule has 2 atom stereocenters. The molecule has 0 aliphatic heterocycles. The van der Waals surface area contributed by atoms with E-state index in [0.717, 1.165) is 30.8 Å². The van der Waals surface area contributed by atoms with Gasteiger partial charge in [0.25, 0.3) is 0 Å². The molecule has 2 unspecified atom stereocenters. The molecule has 0 aromatic carbocycles. The van der Waals surface area contributed by atoms with Crippen LogP contribution in [0.5, 0.6) is 5.75 Å². The second-order valence-corrected chi connectivity index (χ2v) is 5.91. The summed E-state index contributed by atoms with van der Waals surface area (Å²) in [5.74, 6) is 2.24. The Morgan fingerprint density at radius 2 is 1.95 bits per heavy atom. The van der Waals surface area contributed by atoms with Gasteiger partial charge >= 0.3 is 0 Å². The summed E-state index contributed by atoms with van der Waals surface area (Å²) >= 11 is 0. The van der Waals surface area contributed by atoms with Gasteiger partial charge in [0.15, 0.2) is 0 Å². The average molecular weight is 278 g/mol. The van der Waals surface area contributed by atoms with Crippen LogP contribution in [0.25, 0.3) is 0 Å². The molecule has 1 aromatic rings. The molecule has 0 aliphatic carbocycles. The minimum absolute atomic E-state index is 0.609. The van der Waals surface area contributed by atoms with Gasteiger partial charge in [-0.15, -0.1) is 0 Å². The second kappa shape index (κ2) is 8.25. The Balaban J connectivity index is 2.68. The highest BCUT2D eigenvalue weighted by molar-refractivity contribution is 5.41. The van der Waals surface area contributed by atoms with Crippen LogP contribution in [0.4, 0.5) is 0 Å². The van der Waals surface area contributed by atoms with Crippen LogP contribution < -0.4 is 10.1 Å². The summed E-state index contributed by atoms with van der Waals surface area (Å²) in [6.45, 7) is 13.2. The summed E-state index contributed by atoms with van der Waals surface area (Å²) in [4.78, 5) is 4.60. The number of hydrogen-bond acceptors (Lipinski definition) is 3. The van der Waals surface area contributed by atoms with Gasteiger partial charge in [-0.3, -0.25) is 4.98 Å². The molecule has 0 spiro atoms. The van der Waals surface area contributed by atoms with Crippen LogP contribution in [0, 0.1) is 25.7 Å². The maximum absolute atomic E-state index is 5.49. The molecule has 3 heteroatoms. The Bertz CT molecular complexity index is 418. The van der Waals surface area contributed by atoms with E-state index in [-0.39, 0.29) is 0 Å². The van der Waals surface area contributed by atoms with Gasteiger partial charge in [0, 0.05) is 23.0 Å². The van der Waals surface area contributed by atoms with E-state index in [0.29, 0.717) is 11.8 Å². The summed E-state index contributed by atoms with van der Waals surface area (Å²) < 4.78 is 5.49. The fourth-order valence-electron chi connectivity index (χ4n) is 2.49. The predicted molar refractivity (Wildman–Crippen MR) is 85.5 cm³/mol. The van der Waals surface area contributed by atoms with Crippen LogP contribution >= 0.6 is 0 Å². The monoisotopic (exact) mass is 278 g/mol. The second-order valence-electron chi connectivity index (χ2n) is 5.91. The fourth-order valence-corrected chi connectivity index (χ4v) is 2.49. The fraction of sp³-hybridized carbons (Fsp3) is 0.706. The molecule has 0 fully saturated rings. The molecule has 1 aromatic heterocycles. The highest BCUT2D eigenvalue weighted by atomic mass is 16.5. The number of methoxy groups -OCH3 is 1. The zero-order valence-electron chi connectivity index (χ0n) is 13.9. The maximum atomic E-state index is 5.49. The summed E-state index contributed by atoms with van der Waals surface area (Å²) in [5, 5.41) is 3.50. The lowest BCUT2D eigenvalue weighted by Crippen LogP contribution is -2.27. The third-order valence-electron chi connectivity index (χ3n) is 4.13. The number of nitrogens with zero attached hydrogens (tertiary/aromatic N) is 1. The van der Waals surface area contributed by atoms with Crippen molar-refractivity contribution in [2.75, 3.05) is 20.2 Å². The first-order valence-electron chi connectivity index (χ1n) is 7.71. The van der Waals surface area contributed by atoms with Gasteiger partial charge in [0.2, 0.25) is 0 Å². The first kappa shape index (κ1) is 17.0. The molecule has 1 N–H and O–H groups in total. The van der Waals surface area contributed by atoms with E-state index in [2.05, 4.69) is 38.0 Å². The van der Waals surface area contributed by atoms with Crippen molar-refractivity contribution >= 4 is 0 Å². The lowest BCUT2D eigenvalue weighted by molar-refractivity contribution is 0.360. The van der Waals surface area contributed by atoms with E-state index < -0.39 is 0 Å². The van der Waals surface area contributed by atoms with Crippen LogP contribution in [-0.4, -0.2) is 25.2 Å². The van der Waals surface area contributed by atoms with Crippen LogP contribution in [-0.2, 0) is 6.42 Å². The largest absolute Gasteiger partial charge is 0.496 e. The summed E-state index contributed by atoms with van der Waals surface area (Å²) in [7, 11) is 1.74. The SMILES string of the molecule is CCCNCC(C)C(C)Cc1ncc(C)c(OC)c1C. The highest BCUT2D eigenvalue weighted by Crippen LogP contribution is 2.26. The Morgan fingerprint density at radius 3 is 2.55 bits per heavy atom. The molecule has 20 heavy (non-hydrogen) atoms. The smallest absolute Gasteiger partial charge is 0.128 e. The van der Waals surface area contributed by atoms with Gasteiger partial charge in [-0.1, -0.05) is 20.8 Å². The Kier molecular flexibility index (Phi) is 7.00. The first-order chi connectivity index (χ1) is 9.51. The van der Waals surface area contributed by atoms with Crippen LogP contribution in [0.2, 0.25) is 0 Å². The molecular formula is C17H30N2O. The van der Waals surface area contributed by atoms with Crippen LogP contribution in [0.1, 0.15) is 44.0 Å². The van der Waals surface area contributed by atoms with Crippen molar-refractivity contribution in [1.29, 1.82) is 0 Å². The average Bonchev–Trinajstić information content (AvgIpc) is 2.42. The Hall–Kier alpha value is -1.09. The summed E-state index contributed by atoms with van der Waals surface area (Å²) in [6, 6.07) is 0. The lowest BCUT2D eigenvalue weighted by atomic mass is 9.90. The van der Waals surface area contributed by atoms with E-state index in [4.69, 9.17) is 4.74 Å². The zero-order chi connectivity index (χ0) is 15.1. The Morgan fingerprint density at radius 1 is 1.25 bits per heavy atom. The minimum atomic E-state index is 0.609. The third-order valence-corrected chi connectivity index (χ3v) is 4.13. The minimum Gasteiger partial charge on any atom is -0.496 e. The third kappa shape index (κ3) is 4.48. The molecule has 0 saturated carbocycles. The Labute approximate surface area is 124 Å². The maximum Gasteiger partial charge on any atom is 0.128 e. The molecule has 0 saturated heterocycles. The van der Waals surface area contributed by atoms with Crippen molar-refractivity contribution in [3.63, 3.8) is 0 Å². The summed E-state index contributed by atoms with van der Waals surface area (Å²) in [6.07, 6.45) is 4.13.